The SMILES string of the molecule is COC(=O)Cn1cc(I)c2c(OCC[Si](C)(C)C)ncnc21. The van der Waals surface area contributed by atoms with Crippen LogP contribution in [0, 0.1) is 3.57 Å². The topological polar surface area (TPSA) is 66.2 Å². The number of esters is 1. The van der Waals surface area contributed by atoms with Crippen LogP contribution in [-0.4, -0.2) is 42.3 Å². The van der Waals surface area contributed by atoms with E-state index in [0.717, 1.165) is 15.0 Å². The first-order valence-corrected chi connectivity index (χ1v) is 11.8. The summed E-state index contributed by atoms with van der Waals surface area (Å²) in [6, 6.07) is 1.07. The van der Waals surface area contributed by atoms with E-state index in [1.54, 1.807) is 4.57 Å². The monoisotopic (exact) mass is 433 g/mol. The molecular weight excluding hydrogens is 413 g/mol. The van der Waals surface area contributed by atoms with Crippen LogP contribution in [0.2, 0.25) is 25.7 Å². The van der Waals surface area contributed by atoms with E-state index in [0.29, 0.717) is 18.1 Å². The molecule has 0 bridgehead atoms. The number of methoxy groups -OCH3 is 1. The summed E-state index contributed by atoms with van der Waals surface area (Å²) >= 11 is 2.21. The van der Waals surface area contributed by atoms with E-state index in [-0.39, 0.29) is 12.5 Å². The van der Waals surface area contributed by atoms with Gasteiger partial charge in [0.1, 0.15) is 18.5 Å². The first kappa shape index (κ1) is 17.2. The van der Waals surface area contributed by atoms with E-state index in [1.807, 2.05) is 6.20 Å². The highest BCUT2D eigenvalue weighted by Crippen LogP contribution is 2.28. The minimum absolute atomic E-state index is 0.126. The quantitative estimate of drug-likeness (QED) is 0.398. The summed E-state index contributed by atoms with van der Waals surface area (Å²) in [7, 11) is 0.224. The van der Waals surface area contributed by atoms with Gasteiger partial charge >= 0.3 is 5.97 Å². The van der Waals surface area contributed by atoms with Crippen LogP contribution >= 0.6 is 22.6 Å². The number of hydrogen-bond donors (Lipinski definition) is 0. The second-order valence-electron chi connectivity index (χ2n) is 6.22. The molecule has 6 nitrogen and oxygen atoms in total. The Bertz CT molecular complexity index is 682. The maximum absolute atomic E-state index is 11.5. The lowest BCUT2D eigenvalue weighted by atomic mass is 10.4. The number of nitrogens with zero attached hydrogens (tertiary/aromatic N) is 3. The Hall–Kier alpha value is -1.16. The van der Waals surface area contributed by atoms with Crippen LogP contribution < -0.4 is 4.74 Å². The van der Waals surface area contributed by atoms with Crippen LogP contribution in [0.4, 0.5) is 0 Å². The van der Waals surface area contributed by atoms with Gasteiger partial charge in [0.25, 0.3) is 0 Å². The van der Waals surface area contributed by atoms with Gasteiger partial charge in [0.2, 0.25) is 5.88 Å². The number of hydrogen-bond acceptors (Lipinski definition) is 5. The van der Waals surface area contributed by atoms with Gasteiger partial charge in [-0.05, 0) is 28.6 Å². The summed E-state index contributed by atoms with van der Waals surface area (Å²) in [5, 5.41) is 0.850. The molecule has 2 rings (SSSR count). The summed E-state index contributed by atoms with van der Waals surface area (Å²) in [4.78, 5) is 20.0. The Morgan fingerprint density at radius 3 is 2.73 bits per heavy atom. The van der Waals surface area contributed by atoms with E-state index in [4.69, 9.17) is 9.47 Å². The van der Waals surface area contributed by atoms with Crippen molar-refractivity contribution >= 4 is 47.7 Å². The molecule has 22 heavy (non-hydrogen) atoms. The largest absolute Gasteiger partial charge is 0.477 e. The van der Waals surface area contributed by atoms with Gasteiger partial charge in [-0.25, -0.2) is 9.97 Å². The van der Waals surface area contributed by atoms with E-state index in [9.17, 15) is 4.79 Å². The third-order valence-electron chi connectivity index (χ3n) is 3.19. The van der Waals surface area contributed by atoms with Crippen LogP contribution in [0.15, 0.2) is 12.5 Å². The molecule has 0 spiro atoms. The third-order valence-corrected chi connectivity index (χ3v) is 5.71. The molecule has 0 unspecified atom stereocenters. The van der Waals surface area contributed by atoms with Crippen molar-refractivity contribution < 1.29 is 14.3 Å². The predicted octanol–water partition coefficient (Wildman–Crippen LogP) is 2.93. The Labute approximate surface area is 144 Å². The second kappa shape index (κ2) is 6.94. The molecule has 0 radical (unpaired) electrons. The van der Waals surface area contributed by atoms with Gasteiger partial charge in [-0.3, -0.25) is 4.79 Å². The zero-order chi connectivity index (χ0) is 16.3. The van der Waals surface area contributed by atoms with Crippen LogP contribution in [0.1, 0.15) is 0 Å². The van der Waals surface area contributed by atoms with Gasteiger partial charge < -0.3 is 14.0 Å². The fourth-order valence-corrected chi connectivity index (χ4v) is 3.46. The predicted molar refractivity (Wildman–Crippen MR) is 95.9 cm³/mol. The lowest BCUT2D eigenvalue weighted by Gasteiger charge is -2.15. The summed E-state index contributed by atoms with van der Waals surface area (Å²) < 4.78 is 13.3. The molecule has 0 aromatic carbocycles. The Balaban J connectivity index is 2.27. The first-order valence-electron chi connectivity index (χ1n) is 7.01. The molecule has 0 saturated heterocycles. The number of carbonyl (C=O) groups excluding carboxylic acids is 1. The summed E-state index contributed by atoms with van der Waals surface area (Å²) in [5.74, 6) is 0.268. The van der Waals surface area contributed by atoms with Crippen molar-refractivity contribution in [2.75, 3.05) is 13.7 Å². The zero-order valence-corrected chi connectivity index (χ0v) is 16.4. The van der Waals surface area contributed by atoms with Gasteiger partial charge in [0.15, 0.2) is 0 Å². The molecule has 0 fully saturated rings. The Kier molecular flexibility index (Phi) is 5.43. The van der Waals surface area contributed by atoms with Crippen molar-refractivity contribution in [2.24, 2.45) is 0 Å². The molecule has 0 saturated carbocycles. The number of aromatic nitrogens is 3. The van der Waals surface area contributed by atoms with Gasteiger partial charge in [-0.15, -0.1) is 0 Å². The lowest BCUT2D eigenvalue weighted by Crippen LogP contribution is -2.22. The molecule has 0 aliphatic rings. The number of fused-ring (bicyclic) bond motifs is 1. The van der Waals surface area contributed by atoms with Crippen molar-refractivity contribution in [3.8, 4) is 5.88 Å². The summed E-state index contributed by atoms with van der Waals surface area (Å²) in [6.07, 6.45) is 3.33. The zero-order valence-electron chi connectivity index (χ0n) is 13.2. The van der Waals surface area contributed by atoms with Crippen LogP contribution in [0.3, 0.4) is 0 Å². The molecule has 0 N–H and O–H groups in total. The molecule has 8 heteroatoms. The lowest BCUT2D eigenvalue weighted by molar-refractivity contribution is -0.141. The molecule has 0 aliphatic carbocycles. The first-order chi connectivity index (χ1) is 10.3. The second-order valence-corrected chi connectivity index (χ2v) is 13.0. The molecule has 0 atom stereocenters. The van der Waals surface area contributed by atoms with Crippen LogP contribution in [0.25, 0.3) is 11.0 Å². The summed E-state index contributed by atoms with van der Waals surface area (Å²) in [6.45, 7) is 7.70. The van der Waals surface area contributed by atoms with Crippen LogP contribution in [-0.2, 0) is 16.1 Å². The van der Waals surface area contributed by atoms with E-state index < -0.39 is 8.07 Å². The minimum atomic E-state index is -1.15. The molecule has 120 valence electrons. The highest BCUT2D eigenvalue weighted by Gasteiger charge is 2.18. The maximum atomic E-state index is 11.5. The fraction of sp³-hybridized carbons (Fsp3) is 0.500. The minimum Gasteiger partial charge on any atom is -0.477 e. The van der Waals surface area contributed by atoms with Crippen molar-refractivity contribution in [3.05, 3.63) is 16.1 Å². The number of halogens is 1. The fourth-order valence-electron chi connectivity index (χ4n) is 1.94. The van der Waals surface area contributed by atoms with E-state index in [1.165, 1.54) is 13.4 Å². The number of ether oxygens (including phenoxy) is 2. The average molecular weight is 433 g/mol. The van der Waals surface area contributed by atoms with Gasteiger partial charge in [0.05, 0.1) is 19.1 Å². The summed E-state index contributed by atoms with van der Waals surface area (Å²) in [5.41, 5.74) is 0.688. The van der Waals surface area contributed by atoms with Crippen molar-refractivity contribution in [1.29, 1.82) is 0 Å². The molecule has 2 heterocycles. The van der Waals surface area contributed by atoms with Gasteiger partial charge in [0, 0.05) is 17.8 Å². The molecule has 0 amide bonds. The van der Waals surface area contributed by atoms with Crippen molar-refractivity contribution in [1.82, 2.24) is 14.5 Å². The number of carbonyl (C=O) groups is 1. The standard InChI is InChI=1S/C14H20IN3O3Si/c1-20-11(19)8-18-7-10(15)12-13(18)16-9-17-14(12)21-5-6-22(2,3)4/h7,9H,5-6,8H2,1-4H3. The molecule has 2 aromatic rings. The third kappa shape index (κ3) is 4.19. The van der Waals surface area contributed by atoms with E-state index in [2.05, 4.69) is 52.2 Å². The van der Waals surface area contributed by atoms with E-state index >= 15 is 0 Å². The Morgan fingerprint density at radius 2 is 2.09 bits per heavy atom. The van der Waals surface area contributed by atoms with Gasteiger partial charge in [-0.1, -0.05) is 19.6 Å². The molecule has 2 aromatic heterocycles. The number of rotatable bonds is 6. The average Bonchev–Trinajstić information content (AvgIpc) is 2.75. The smallest absolute Gasteiger partial charge is 0.325 e. The van der Waals surface area contributed by atoms with Crippen LogP contribution in [0.5, 0.6) is 5.88 Å². The molecule has 0 aliphatic heterocycles. The maximum Gasteiger partial charge on any atom is 0.325 e. The highest BCUT2D eigenvalue weighted by molar-refractivity contribution is 14.1. The molecular formula is C14H20IN3O3Si. The normalized spacial score (nSPS) is 11.7. The van der Waals surface area contributed by atoms with Crippen molar-refractivity contribution in [2.45, 2.75) is 32.2 Å². The van der Waals surface area contributed by atoms with Gasteiger partial charge in [-0.2, -0.15) is 0 Å². The Morgan fingerprint density at radius 1 is 1.36 bits per heavy atom. The van der Waals surface area contributed by atoms with Crippen molar-refractivity contribution in [3.63, 3.8) is 0 Å². The highest BCUT2D eigenvalue weighted by atomic mass is 127.